The van der Waals surface area contributed by atoms with Crippen molar-refractivity contribution in [2.45, 2.75) is 37.5 Å². The zero-order valence-electron chi connectivity index (χ0n) is 21.8. The molecule has 0 bridgehead atoms. The summed E-state index contributed by atoms with van der Waals surface area (Å²) in [5.74, 6) is 1.30. The van der Waals surface area contributed by atoms with Crippen LogP contribution in [0.3, 0.4) is 0 Å². The van der Waals surface area contributed by atoms with Crippen LogP contribution < -0.4 is 4.90 Å². The van der Waals surface area contributed by atoms with Crippen molar-refractivity contribution in [3.8, 4) is 11.5 Å². The Morgan fingerprint density at radius 1 is 0.950 bits per heavy atom. The molecule has 4 aromatic heterocycles. The molecule has 5 heterocycles. The number of rotatable bonds is 5. The van der Waals surface area contributed by atoms with Gasteiger partial charge in [0.15, 0.2) is 11.2 Å². The van der Waals surface area contributed by atoms with Crippen LogP contribution >= 0.6 is 11.6 Å². The van der Waals surface area contributed by atoms with E-state index < -0.39 is 0 Å². The number of fused-ring (bicyclic) bond motifs is 2. The second-order valence-electron chi connectivity index (χ2n) is 11.1. The normalized spacial score (nSPS) is 18.8. The fraction of sp³-hybridized carbons (Fsp3) is 0.367. The molecule has 1 aliphatic heterocycles. The third-order valence-corrected chi connectivity index (χ3v) is 9.15. The standard InChI is InChI=1S/C30H27ClN6O3/c31-25-7-6-23-26(34-25)35-29(40-23)37-14-12-36(13-15-37)28(38)18-4-5-22-24(16-18)39-27(33-22)20-17-32-11-8-21(20)30(9-10-30)19-2-1-3-19/h4-8,11,16-17,19H,1-3,9-10,12-15H2. The van der Waals surface area contributed by atoms with Crippen LogP contribution in [0.25, 0.3) is 33.8 Å². The van der Waals surface area contributed by atoms with Gasteiger partial charge in [-0.1, -0.05) is 18.0 Å². The highest BCUT2D eigenvalue weighted by atomic mass is 35.5. The minimum atomic E-state index is -0.0329. The topological polar surface area (TPSA) is 101 Å². The average Bonchev–Trinajstić information content (AvgIpc) is 3.43. The van der Waals surface area contributed by atoms with E-state index in [4.69, 9.17) is 25.4 Å². The van der Waals surface area contributed by atoms with E-state index in [9.17, 15) is 4.79 Å². The molecule has 3 aliphatic rings. The number of oxazole rings is 2. The van der Waals surface area contributed by atoms with Gasteiger partial charge in [0, 0.05) is 44.1 Å². The number of halogens is 1. The predicted octanol–water partition coefficient (Wildman–Crippen LogP) is 5.87. The summed E-state index contributed by atoms with van der Waals surface area (Å²) in [4.78, 5) is 35.2. The Morgan fingerprint density at radius 3 is 2.58 bits per heavy atom. The molecule has 0 unspecified atom stereocenters. The Balaban J connectivity index is 1.01. The quantitative estimate of drug-likeness (QED) is 0.248. The van der Waals surface area contributed by atoms with E-state index in [1.807, 2.05) is 40.4 Å². The minimum absolute atomic E-state index is 0.0329. The van der Waals surface area contributed by atoms with Crippen LogP contribution in [-0.2, 0) is 5.41 Å². The van der Waals surface area contributed by atoms with Crippen molar-refractivity contribution in [1.82, 2.24) is 24.8 Å². The highest BCUT2D eigenvalue weighted by Crippen LogP contribution is 2.61. The molecule has 5 aromatic rings. The fourth-order valence-corrected chi connectivity index (χ4v) is 6.51. The van der Waals surface area contributed by atoms with Gasteiger partial charge in [0.1, 0.15) is 10.7 Å². The number of piperazine rings is 1. The zero-order valence-corrected chi connectivity index (χ0v) is 22.6. The first-order valence-corrected chi connectivity index (χ1v) is 14.3. The van der Waals surface area contributed by atoms with Crippen LogP contribution in [0.1, 0.15) is 48.0 Å². The van der Waals surface area contributed by atoms with Crippen molar-refractivity contribution in [2.24, 2.45) is 5.92 Å². The first-order valence-electron chi connectivity index (χ1n) is 13.9. The lowest BCUT2D eigenvalue weighted by atomic mass is 9.70. The average molecular weight is 555 g/mol. The Hall–Kier alpha value is -3.98. The first kappa shape index (κ1) is 23.9. The van der Waals surface area contributed by atoms with Crippen molar-refractivity contribution in [2.75, 3.05) is 31.1 Å². The summed E-state index contributed by atoms with van der Waals surface area (Å²) < 4.78 is 12.1. The molecular formula is C30H27ClN6O3. The molecule has 10 heteroatoms. The maximum Gasteiger partial charge on any atom is 0.300 e. The minimum Gasteiger partial charge on any atom is -0.436 e. The van der Waals surface area contributed by atoms with E-state index in [1.54, 1.807) is 12.1 Å². The van der Waals surface area contributed by atoms with Crippen LogP contribution in [0.15, 0.2) is 57.6 Å². The summed E-state index contributed by atoms with van der Waals surface area (Å²) in [6.45, 7) is 2.31. The summed E-state index contributed by atoms with van der Waals surface area (Å²) in [7, 11) is 0. The Kier molecular flexibility index (Phi) is 5.38. The number of hydrogen-bond acceptors (Lipinski definition) is 8. The van der Waals surface area contributed by atoms with Crippen LogP contribution in [0, 0.1) is 5.92 Å². The number of benzene rings is 1. The number of hydrogen-bond donors (Lipinski definition) is 0. The van der Waals surface area contributed by atoms with Gasteiger partial charge in [-0.25, -0.2) is 9.97 Å². The van der Waals surface area contributed by atoms with Gasteiger partial charge in [-0.15, -0.1) is 0 Å². The highest BCUT2D eigenvalue weighted by molar-refractivity contribution is 6.29. The summed E-state index contributed by atoms with van der Waals surface area (Å²) in [6, 6.07) is 11.6. The smallest absolute Gasteiger partial charge is 0.300 e. The maximum atomic E-state index is 13.4. The van der Waals surface area contributed by atoms with Crippen molar-refractivity contribution in [3.05, 3.63) is 65.1 Å². The van der Waals surface area contributed by atoms with Crippen molar-refractivity contribution >= 4 is 45.9 Å². The number of carbonyl (C=O) groups excluding carboxylic acids is 1. The SMILES string of the molecule is O=C(c1ccc2nc(-c3cnccc3C3(C4CCC4)CC3)oc2c1)N1CCN(c2nc3nc(Cl)ccc3o2)CC1. The molecule has 1 aromatic carbocycles. The predicted molar refractivity (Wildman–Crippen MR) is 150 cm³/mol. The lowest BCUT2D eigenvalue weighted by molar-refractivity contribution is 0.0745. The molecule has 40 heavy (non-hydrogen) atoms. The van der Waals surface area contributed by atoms with Crippen LogP contribution in [0.4, 0.5) is 6.01 Å². The molecule has 8 rings (SSSR count). The van der Waals surface area contributed by atoms with Gasteiger partial charge in [-0.2, -0.15) is 4.98 Å². The molecule has 0 radical (unpaired) electrons. The lowest BCUT2D eigenvalue weighted by Crippen LogP contribution is -2.48. The maximum absolute atomic E-state index is 13.4. The van der Waals surface area contributed by atoms with Gasteiger partial charge >= 0.3 is 0 Å². The van der Waals surface area contributed by atoms with Crippen LogP contribution in [-0.4, -0.2) is 56.9 Å². The molecule has 1 amide bonds. The lowest BCUT2D eigenvalue weighted by Gasteiger charge is -2.35. The van der Waals surface area contributed by atoms with Crippen molar-refractivity contribution in [3.63, 3.8) is 0 Å². The van der Waals surface area contributed by atoms with E-state index in [-0.39, 0.29) is 11.3 Å². The number of aromatic nitrogens is 4. The summed E-state index contributed by atoms with van der Waals surface area (Å²) in [6.07, 6.45) is 10.1. The monoisotopic (exact) mass is 554 g/mol. The van der Waals surface area contributed by atoms with Crippen molar-refractivity contribution < 1.29 is 13.6 Å². The fourth-order valence-electron chi connectivity index (χ4n) is 6.37. The first-order chi connectivity index (χ1) is 19.6. The van der Waals surface area contributed by atoms with Gasteiger partial charge < -0.3 is 18.6 Å². The molecule has 202 valence electrons. The van der Waals surface area contributed by atoms with E-state index in [2.05, 4.69) is 21.0 Å². The van der Waals surface area contributed by atoms with Gasteiger partial charge in [-0.05, 0) is 79.0 Å². The van der Waals surface area contributed by atoms with Crippen LogP contribution in [0.2, 0.25) is 5.15 Å². The summed E-state index contributed by atoms with van der Waals surface area (Å²) in [5, 5.41) is 0.375. The van der Waals surface area contributed by atoms with E-state index in [0.29, 0.717) is 65.6 Å². The Morgan fingerprint density at radius 2 is 1.80 bits per heavy atom. The number of anilines is 1. The number of pyridine rings is 2. The molecule has 9 nitrogen and oxygen atoms in total. The third-order valence-electron chi connectivity index (χ3n) is 8.94. The number of nitrogens with zero attached hydrogens (tertiary/aromatic N) is 6. The van der Waals surface area contributed by atoms with E-state index >= 15 is 0 Å². The zero-order chi connectivity index (χ0) is 26.8. The molecule has 0 N–H and O–H groups in total. The molecular weight excluding hydrogens is 528 g/mol. The summed E-state index contributed by atoms with van der Waals surface area (Å²) >= 11 is 5.98. The largest absolute Gasteiger partial charge is 0.436 e. The van der Waals surface area contributed by atoms with Gasteiger partial charge in [0.2, 0.25) is 11.5 Å². The highest BCUT2D eigenvalue weighted by Gasteiger charge is 2.53. The molecule has 2 saturated carbocycles. The second kappa shape index (κ2) is 9.02. The van der Waals surface area contributed by atoms with E-state index in [1.165, 1.54) is 37.7 Å². The number of carbonyl (C=O) groups is 1. The summed E-state index contributed by atoms with van der Waals surface area (Å²) in [5.41, 5.74) is 5.55. The Labute approximate surface area is 235 Å². The van der Waals surface area contributed by atoms with Gasteiger partial charge in [-0.3, -0.25) is 9.78 Å². The molecule has 1 saturated heterocycles. The molecule has 0 spiro atoms. The second-order valence-corrected chi connectivity index (χ2v) is 11.5. The number of amides is 1. The third kappa shape index (κ3) is 3.86. The molecule has 2 aliphatic carbocycles. The molecule has 0 atom stereocenters. The van der Waals surface area contributed by atoms with Crippen LogP contribution in [0.5, 0.6) is 0 Å². The van der Waals surface area contributed by atoms with E-state index in [0.717, 1.165) is 17.0 Å². The van der Waals surface area contributed by atoms with Gasteiger partial charge in [0.25, 0.3) is 11.9 Å². The molecule has 3 fully saturated rings. The Bertz CT molecular complexity index is 1760. The van der Waals surface area contributed by atoms with Gasteiger partial charge in [0.05, 0.1) is 5.56 Å². The van der Waals surface area contributed by atoms with Crippen molar-refractivity contribution in [1.29, 1.82) is 0 Å².